The first kappa shape index (κ1) is 17.3. The molecule has 0 N–H and O–H groups in total. The predicted molar refractivity (Wildman–Crippen MR) is 96.7 cm³/mol. The van der Waals surface area contributed by atoms with E-state index >= 15 is 0 Å². The van der Waals surface area contributed by atoms with Gasteiger partial charge in [0.15, 0.2) is 0 Å². The van der Waals surface area contributed by atoms with Gasteiger partial charge in [0.25, 0.3) is 5.91 Å². The number of ether oxygens (including phenoxy) is 2. The highest BCUT2D eigenvalue weighted by Gasteiger charge is 2.16. The van der Waals surface area contributed by atoms with Gasteiger partial charge in [-0.05, 0) is 30.3 Å². The number of hydrogen-bond acceptors (Lipinski definition) is 5. The summed E-state index contributed by atoms with van der Waals surface area (Å²) in [5.74, 6) is -0.0639. The zero-order valence-corrected chi connectivity index (χ0v) is 14.4. The SMILES string of the molecule is COCCN(CCOC)C(=O)c1ccc2nc3ccccc3nc2c1. The summed E-state index contributed by atoms with van der Waals surface area (Å²) in [4.78, 5) is 23.8. The molecular weight excluding hydrogens is 318 g/mol. The second-order valence-electron chi connectivity index (χ2n) is 5.69. The first-order valence-electron chi connectivity index (χ1n) is 8.16. The summed E-state index contributed by atoms with van der Waals surface area (Å²) in [6.45, 7) is 1.99. The summed E-state index contributed by atoms with van der Waals surface area (Å²) < 4.78 is 10.2. The maximum Gasteiger partial charge on any atom is 0.254 e. The molecule has 6 nitrogen and oxygen atoms in total. The summed E-state index contributed by atoms with van der Waals surface area (Å²) in [6, 6.07) is 13.1. The van der Waals surface area contributed by atoms with Gasteiger partial charge in [-0.15, -0.1) is 0 Å². The van der Waals surface area contributed by atoms with Crippen LogP contribution in [0.25, 0.3) is 22.1 Å². The fourth-order valence-corrected chi connectivity index (χ4v) is 2.65. The molecule has 3 rings (SSSR count). The van der Waals surface area contributed by atoms with Crippen molar-refractivity contribution in [2.24, 2.45) is 0 Å². The van der Waals surface area contributed by atoms with E-state index in [0.29, 0.717) is 37.4 Å². The van der Waals surface area contributed by atoms with E-state index in [-0.39, 0.29) is 5.91 Å². The van der Waals surface area contributed by atoms with Crippen LogP contribution in [0.4, 0.5) is 0 Å². The summed E-state index contributed by atoms with van der Waals surface area (Å²) in [6.07, 6.45) is 0. The summed E-state index contributed by atoms with van der Waals surface area (Å²) in [7, 11) is 3.24. The van der Waals surface area contributed by atoms with E-state index in [2.05, 4.69) is 9.97 Å². The van der Waals surface area contributed by atoms with Crippen molar-refractivity contribution in [1.82, 2.24) is 14.9 Å². The molecular formula is C19H21N3O3. The van der Waals surface area contributed by atoms with Gasteiger partial charge in [-0.3, -0.25) is 4.79 Å². The second kappa shape index (κ2) is 8.00. The lowest BCUT2D eigenvalue weighted by Gasteiger charge is -2.22. The van der Waals surface area contributed by atoms with Crippen LogP contribution in [0.2, 0.25) is 0 Å². The Morgan fingerprint density at radius 3 is 2.04 bits per heavy atom. The molecule has 0 spiro atoms. The minimum atomic E-state index is -0.0639. The molecule has 0 bridgehead atoms. The number of nitrogens with zero attached hydrogens (tertiary/aromatic N) is 3. The molecule has 0 fully saturated rings. The summed E-state index contributed by atoms with van der Waals surface area (Å²) in [5, 5.41) is 0. The number of hydrogen-bond donors (Lipinski definition) is 0. The molecule has 0 aliphatic rings. The normalized spacial score (nSPS) is 11.1. The zero-order chi connectivity index (χ0) is 17.6. The highest BCUT2D eigenvalue weighted by Crippen LogP contribution is 2.18. The molecule has 1 heterocycles. The first-order valence-corrected chi connectivity index (χ1v) is 8.16. The molecule has 0 aliphatic carbocycles. The Hall–Kier alpha value is -2.57. The largest absolute Gasteiger partial charge is 0.383 e. The van der Waals surface area contributed by atoms with Crippen LogP contribution in [0.1, 0.15) is 10.4 Å². The molecule has 0 saturated heterocycles. The van der Waals surface area contributed by atoms with Gasteiger partial charge >= 0.3 is 0 Å². The van der Waals surface area contributed by atoms with Gasteiger partial charge in [0.1, 0.15) is 0 Å². The van der Waals surface area contributed by atoms with Crippen LogP contribution in [0.3, 0.4) is 0 Å². The highest BCUT2D eigenvalue weighted by molar-refractivity contribution is 5.98. The molecule has 0 saturated carbocycles. The molecule has 0 radical (unpaired) electrons. The van der Waals surface area contributed by atoms with Crippen LogP contribution in [0, 0.1) is 0 Å². The Morgan fingerprint density at radius 2 is 1.44 bits per heavy atom. The van der Waals surface area contributed by atoms with Crippen molar-refractivity contribution in [2.45, 2.75) is 0 Å². The van der Waals surface area contributed by atoms with Crippen molar-refractivity contribution < 1.29 is 14.3 Å². The third-order valence-corrected chi connectivity index (χ3v) is 4.00. The zero-order valence-electron chi connectivity index (χ0n) is 14.4. The van der Waals surface area contributed by atoms with Crippen molar-refractivity contribution >= 4 is 28.0 Å². The lowest BCUT2D eigenvalue weighted by atomic mass is 10.1. The van der Waals surface area contributed by atoms with Crippen LogP contribution >= 0.6 is 0 Å². The van der Waals surface area contributed by atoms with Crippen molar-refractivity contribution in [3.05, 3.63) is 48.0 Å². The van der Waals surface area contributed by atoms with Gasteiger partial charge in [0.2, 0.25) is 0 Å². The van der Waals surface area contributed by atoms with E-state index in [1.165, 1.54) is 0 Å². The molecule has 25 heavy (non-hydrogen) atoms. The van der Waals surface area contributed by atoms with Crippen LogP contribution < -0.4 is 0 Å². The average molecular weight is 339 g/mol. The Morgan fingerprint density at radius 1 is 0.880 bits per heavy atom. The van der Waals surface area contributed by atoms with Gasteiger partial charge in [0.05, 0.1) is 35.3 Å². The lowest BCUT2D eigenvalue weighted by Crippen LogP contribution is -2.36. The van der Waals surface area contributed by atoms with Crippen LogP contribution in [0.15, 0.2) is 42.5 Å². The van der Waals surface area contributed by atoms with Gasteiger partial charge < -0.3 is 14.4 Å². The molecule has 1 aromatic heterocycles. The number of methoxy groups -OCH3 is 2. The Kier molecular flexibility index (Phi) is 5.53. The fourth-order valence-electron chi connectivity index (χ4n) is 2.65. The van der Waals surface area contributed by atoms with E-state index in [1.807, 2.05) is 30.3 Å². The molecule has 130 valence electrons. The third kappa shape index (κ3) is 3.92. The van der Waals surface area contributed by atoms with Gasteiger partial charge in [-0.25, -0.2) is 9.97 Å². The number of rotatable bonds is 7. The topological polar surface area (TPSA) is 64.6 Å². The van der Waals surface area contributed by atoms with Crippen molar-refractivity contribution in [3.63, 3.8) is 0 Å². The third-order valence-electron chi connectivity index (χ3n) is 4.00. The van der Waals surface area contributed by atoms with E-state index in [0.717, 1.165) is 16.6 Å². The molecule has 3 aromatic rings. The number of fused-ring (bicyclic) bond motifs is 2. The summed E-state index contributed by atoms with van der Waals surface area (Å²) in [5.41, 5.74) is 3.73. The molecule has 0 aliphatic heterocycles. The quantitative estimate of drug-likeness (QED) is 0.619. The Labute approximate surface area is 146 Å². The number of aromatic nitrogens is 2. The highest BCUT2D eigenvalue weighted by atomic mass is 16.5. The molecule has 1 amide bonds. The minimum absolute atomic E-state index is 0.0639. The first-order chi connectivity index (χ1) is 12.2. The van der Waals surface area contributed by atoms with Gasteiger partial charge in [-0.1, -0.05) is 12.1 Å². The average Bonchev–Trinajstić information content (AvgIpc) is 2.65. The summed E-state index contributed by atoms with van der Waals surface area (Å²) >= 11 is 0. The van der Waals surface area contributed by atoms with Crippen molar-refractivity contribution in [2.75, 3.05) is 40.5 Å². The predicted octanol–water partition coefficient (Wildman–Crippen LogP) is 2.52. The van der Waals surface area contributed by atoms with E-state index < -0.39 is 0 Å². The van der Waals surface area contributed by atoms with Crippen LogP contribution in [0.5, 0.6) is 0 Å². The standard InChI is InChI=1S/C19H21N3O3/c1-24-11-9-22(10-12-25-2)19(23)14-7-8-17-18(13-14)21-16-6-4-3-5-15(16)20-17/h3-8,13H,9-12H2,1-2H3. The van der Waals surface area contributed by atoms with Crippen LogP contribution in [-0.2, 0) is 9.47 Å². The number of benzene rings is 2. The molecule has 6 heteroatoms. The monoisotopic (exact) mass is 339 g/mol. The molecule has 0 unspecified atom stereocenters. The van der Waals surface area contributed by atoms with Gasteiger partial charge in [0, 0.05) is 32.9 Å². The van der Waals surface area contributed by atoms with Gasteiger partial charge in [-0.2, -0.15) is 0 Å². The number of carbonyl (C=O) groups excluding carboxylic acids is 1. The van der Waals surface area contributed by atoms with E-state index in [1.54, 1.807) is 31.3 Å². The van der Waals surface area contributed by atoms with Crippen molar-refractivity contribution in [3.8, 4) is 0 Å². The lowest BCUT2D eigenvalue weighted by molar-refractivity contribution is 0.0627. The Bertz CT molecular complexity index is 874. The number of carbonyl (C=O) groups is 1. The Balaban J connectivity index is 1.92. The maximum absolute atomic E-state index is 12.8. The maximum atomic E-state index is 12.8. The van der Waals surface area contributed by atoms with E-state index in [9.17, 15) is 4.79 Å². The smallest absolute Gasteiger partial charge is 0.254 e. The fraction of sp³-hybridized carbons (Fsp3) is 0.316. The second-order valence-corrected chi connectivity index (χ2v) is 5.69. The number of para-hydroxylation sites is 2. The number of amides is 1. The molecule has 0 atom stereocenters. The molecule has 2 aromatic carbocycles. The minimum Gasteiger partial charge on any atom is -0.383 e. The van der Waals surface area contributed by atoms with E-state index in [4.69, 9.17) is 9.47 Å². The van der Waals surface area contributed by atoms with Crippen molar-refractivity contribution in [1.29, 1.82) is 0 Å². The van der Waals surface area contributed by atoms with Crippen LogP contribution in [-0.4, -0.2) is 61.3 Å².